The Kier molecular flexibility index (Phi) is 6.12. The number of carbonyl (C=O) groups is 2. The zero-order chi connectivity index (χ0) is 15.1. The number of nitrogens with zero attached hydrogens (tertiary/aromatic N) is 3. The molecule has 1 aromatic heterocycles. The van der Waals surface area contributed by atoms with Crippen LogP contribution in [0, 0.1) is 11.3 Å². The van der Waals surface area contributed by atoms with Crippen LogP contribution in [-0.2, 0) is 4.74 Å². The topological polar surface area (TPSA) is 83.3 Å². The third-order valence-corrected chi connectivity index (χ3v) is 3.77. The summed E-state index contributed by atoms with van der Waals surface area (Å²) in [6, 6.07) is 2.07. The highest BCUT2D eigenvalue weighted by Crippen LogP contribution is 2.27. The number of hydrogen-bond acceptors (Lipinski definition) is 7. The van der Waals surface area contributed by atoms with Crippen LogP contribution in [0.4, 0.5) is 5.13 Å². The molecule has 0 bridgehead atoms. The summed E-state index contributed by atoms with van der Waals surface area (Å²) in [5.41, 5.74) is 0.0646. The second-order valence-corrected chi connectivity index (χ2v) is 4.92. The Hall–Kier alpha value is -1.94. The average Bonchev–Trinajstić information content (AvgIpc) is 2.85. The van der Waals surface area contributed by atoms with E-state index in [1.807, 2.05) is 11.8 Å². The van der Waals surface area contributed by atoms with Gasteiger partial charge in [0.05, 0.1) is 19.1 Å². The number of rotatable bonds is 7. The first kappa shape index (κ1) is 16.1. The predicted molar refractivity (Wildman–Crippen MR) is 76.2 cm³/mol. The van der Waals surface area contributed by atoms with Crippen molar-refractivity contribution in [3.05, 3.63) is 10.6 Å². The van der Waals surface area contributed by atoms with E-state index in [2.05, 4.69) is 11.1 Å². The lowest BCUT2D eigenvalue weighted by atomic mass is 10.3. The van der Waals surface area contributed by atoms with Gasteiger partial charge >= 0.3 is 5.97 Å². The highest BCUT2D eigenvalue weighted by molar-refractivity contribution is 7.17. The quantitative estimate of drug-likeness (QED) is 0.567. The minimum absolute atomic E-state index is 0.0646. The van der Waals surface area contributed by atoms with E-state index < -0.39 is 5.97 Å². The number of esters is 1. The lowest BCUT2D eigenvalue weighted by Gasteiger charge is -2.17. The number of anilines is 1. The van der Waals surface area contributed by atoms with Gasteiger partial charge in [0.25, 0.3) is 0 Å². The number of carbonyl (C=O) groups excluding carboxylic acids is 2. The van der Waals surface area contributed by atoms with Gasteiger partial charge in [0.1, 0.15) is 4.88 Å². The SMILES string of the molecule is CCOC(=O)c1nc(N(CC)CCC#N)sc1C(C)=O. The number of nitriles is 1. The van der Waals surface area contributed by atoms with E-state index in [1.54, 1.807) is 6.92 Å². The molecule has 0 saturated heterocycles. The Bertz CT molecular complexity index is 533. The summed E-state index contributed by atoms with van der Waals surface area (Å²) < 4.78 is 4.91. The molecule has 7 heteroatoms. The first-order valence-electron chi connectivity index (χ1n) is 6.35. The van der Waals surface area contributed by atoms with E-state index >= 15 is 0 Å². The Morgan fingerprint density at radius 2 is 2.15 bits per heavy atom. The minimum atomic E-state index is -0.587. The van der Waals surface area contributed by atoms with E-state index in [0.717, 1.165) is 11.3 Å². The standard InChI is InChI=1S/C13H17N3O3S/c1-4-16(8-6-7-14)13-15-10(12(18)19-5-2)11(20-13)9(3)17/h4-6,8H2,1-3H3. The second-order valence-electron chi connectivity index (χ2n) is 3.94. The fraction of sp³-hybridized carbons (Fsp3) is 0.538. The molecule has 20 heavy (non-hydrogen) atoms. The van der Waals surface area contributed by atoms with E-state index in [4.69, 9.17) is 10.00 Å². The van der Waals surface area contributed by atoms with Crippen molar-refractivity contribution < 1.29 is 14.3 Å². The first-order valence-corrected chi connectivity index (χ1v) is 7.17. The number of thiazole rings is 1. The third kappa shape index (κ3) is 3.78. The summed E-state index contributed by atoms with van der Waals surface area (Å²) in [4.78, 5) is 29.8. The van der Waals surface area contributed by atoms with Crippen LogP contribution < -0.4 is 4.90 Å². The van der Waals surface area contributed by atoms with Crippen LogP contribution in [0.3, 0.4) is 0 Å². The molecule has 0 fully saturated rings. The molecule has 0 saturated carbocycles. The van der Waals surface area contributed by atoms with Crippen LogP contribution in [0.1, 0.15) is 47.4 Å². The van der Waals surface area contributed by atoms with Crippen molar-refractivity contribution in [3.8, 4) is 6.07 Å². The molecule has 0 aliphatic carbocycles. The fourth-order valence-electron chi connectivity index (χ4n) is 1.59. The van der Waals surface area contributed by atoms with Crippen LogP contribution in [0.25, 0.3) is 0 Å². The van der Waals surface area contributed by atoms with Gasteiger partial charge in [-0.05, 0) is 13.8 Å². The highest BCUT2D eigenvalue weighted by Gasteiger charge is 2.24. The molecule has 0 unspecified atom stereocenters. The highest BCUT2D eigenvalue weighted by atomic mass is 32.1. The Morgan fingerprint density at radius 3 is 2.65 bits per heavy atom. The average molecular weight is 295 g/mol. The molecule has 0 radical (unpaired) electrons. The molecule has 0 spiro atoms. The van der Waals surface area contributed by atoms with E-state index in [-0.39, 0.29) is 18.1 Å². The van der Waals surface area contributed by atoms with Crippen LogP contribution in [0.15, 0.2) is 0 Å². The summed E-state index contributed by atoms with van der Waals surface area (Å²) in [7, 11) is 0. The molecular formula is C13H17N3O3S. The monoisotopic (exact) mass is 295 g/mol. The lowest BCUT2D eigenvalue weighted by molar-refractivity contribution is 0.0517. The molecule has 1 aromatic rings. The van der Waals surface area contributed by atoms with Gasteiger partial charge in [-0.2, -0.15) is 5.26 Å². The molecule has 108 valence electrons. The number of Topliss-reactive ketones (excluding diaryl/α,β-unsaturated/α-hetero) is 1. The molecule has 0 aliphatic heterocycles. The maximum Gasteiger partial charge on any atom is 0.358 e. The molecule has 0 aromatic carbocycles. The van der Waals surface area contributed by atoms with Gasteiger partial charge in [-0.25, -0.2) is 9.78 Å². The summed E-state index contributed by atoms with van der Waals surface area (Å²) >= 11 is 1.16. The maximum absolute atomic E-state index is 11.8. The number of ketones is 1. The van der Waals surface area contributed by atoms with Gasteiger partial charge in [-0.1, -0.05) is 11.3 Å². The summed E-state index contributed by atoms with van der Waals surface area (Å²) in [5.74, 6) is -0.801. The van der Waals surface area contributed by atoms with Crippen LogP contribution in [0.5, 0.6) is 0 Å². The number of hydrogen-bond donors (Lipinski definition) is 0. The van der Waals surface area contributed by atoms with Crippen molar-refractivity contribution in [2.24, 2.45) is 0 Å². The zero-order valence-electron chi connectivity index (χ0n) is 11.8. The lowest BCUT2D eigenvalue weighted by Crippen LogP contribution is -2.23. The van der Waals surface area contributed by atoms with Crippen molar-refractivity contribution >= 4 is 28.2 Å². The van der Waals surface area contributed by atoms with Gasteiger partial charge in [0.15, 0.2) is 16.6 Å². The van der Waals surface area contributed by atoms with Crippen molar-refractivity contribution in [2.45, 2.75) is 27.2 Å². The number of ether oxygens (including phenoxy) is 1. The van der Waals surface area contributed by atoms with E-state index in [9.17, 15) is 9.59 Å². The second kappa shape index (κ2) is 7.60. The Balaban J connectivity index is 3.10. The summed E-state index contributed by atoms with van der Waals surface area (Å²) in [5, 5.41) is 9.21. The summed E-state index contributed by atoms with van der Waals surface area (Å²) in [6.45, 7) is 6.41. The van der Waals surface area contributed by atoms with Crippen LogP contribution >= 0.6 is 11.3 Å². The van der Waals surface area contributed by atoms with Crippen molar-refractivity contribution in [1.82, 2.24) is 4.98 Å². The van der Waals surface area contributed by atoms with Crippen molar-refractivity contribution in [2.75, 3.05) is 24.6 Å². The molecule has 0 aliphatic rings. The first-order chi connectivity index (χ1) is 9.54. The van der Waals surface area contributed by atoms with Crippen LogP contribution in [-0.4, -0.2) is 36.4 Å². The maximum atomic E-state index is 11.8. The Morgan fingerprint density at radius 1 is 1.45 bits per heavy atom. The van der Waals surface area contributed by atoms with Crippen molar-refractivity contribution in [3.63, 3.8) is 0 Å². The fourth-order valence-corrected chi connectivity index (χ4v) is 2.63. The number of aromatic nitrogens is 1. The summed E-state index contributed by atoms with van der Waals surface area (Å²) in [6.07, 6.45) is 0.359. The molecular weight excluding hydrogens is 278 g/mol. The van der Waals surface area contributed by atoms with Gasteiger partial charge in [-0.3, -0.25) is 4.79 Å². The Labute approximate surface area is 122 Å². The van der Waals surface area contributed by atoms with E-state index in [0.29, 0.717) is 29.5 Å². The van der Waals surface area contributed by atoms with Gasteiger partial charge in [0, 0.05) is 20.0 Å². The predicted octanol–water partition coefficient (Wildman–Crippen LogP) is 2.26. The van der Waals surface area contributed by atoms with Crippen LogP contribution in [0.2, 0.25) is 0 Å². The molecule has 0 amide bonds. The minimum Gasteiger partial charge on any atom is -0.461 e. The van der Waals surface area contributed by atoms with Gasteiger partial charge in [0.2, 0.25) is 0 Å². The van der Waals surface area contributed by atoms with Gasteiger partial charge < -0.3 is 9.64 Å². The zero-order valence-corrected chi connectivity index (χ0v) is 12.6. The molecule has 0 N–H and O–H groups in total. The molecule has 1 heterocycles. The molecule has 6 nitrogen and oxygen atoms in total. The van der Waals surface area contributed by atoms with E-state index in [1.165, 1.54) is 6.92 Å². The third-order valence-electron chi connectivity index (χ3n) is 2.55. The van der Waals surface area contributed by atoms with Crippen molar-refractivity contribution in [1.29, 1.82) is 5.26 Å². The molecule has 1 rings (SSSR count). The normalized spacial score (nSPS) is 9.90. The molecule has 0 atom stereocenters. The largest absolute Gasteiger partial charge is 0.461 e. The van der Waals surface area contributed by atoms with Gasteiger partial charge in [-0.15, -0.1) is 0 Å². The smallest absolute Gasteiger partial charge is 0.358 e.